The summed E-state index contributed by atoms with van der Waals surface area (Å²) in [7, 11) is 0. The number of aryl methyl sites for hydroxylation is 1. The Labute approximate surface area is 147 Å². The van der Waals surface area contributed by atoms with E-state index in [4.69, 9.17) is 9.26 Å². The van der Waals surface area contributed by atoms with Crippen LogP contribution in [0.2, 0.25) is 0 Å². The summed E-state index contributed by atoms with van der Waals surface area (Å²) in [6.45, 7) is 5.18. The first-order valence-electron chi connectivity index (χ1n) is 8.88. The van der Waals surface area contributed by atoms with Gasteiger partial charge in [-0.2, -0.15) is 0 Å². The van der Waals surface area contributed by atoms with Crippen LogP contribution in [0.1, 0.15) is 29.0 Å². The highest BCUT2D eigenvalue weighted by atomic mass is 16.5. The molecule has 0 saturated carbocycles. The predicted octanol–water partition coefficient (Wildman–Crippen LogP) is 2.24. The van der Waals surface area contributed by atoms with E-state index in [1.54, 1.807) is 6.92 Å². The molecule has 1 N–H and O–H groups in total. The molecule has 0 radical (unpaired) electrons. The number of amides is 1. The van der Waals surface area contributed by atoms with Crippen molar-refractivity contribution in [2.45, 2.75) is 31.8 Å². The molecule has 6 nitrogen and oxygen atoms in total. The first-order valence-corrected chi connectivity index (χ1v) is 8.88. The third kappa shape index (κ3) is 3.19. The summed E-state index contributed by atoms with van der Waals surface area (Å²) < 4.78 is 11.0. The van der Waals surface area contributed by atoms with E-state index in [9.17, 15) is 4.79 Å². The van der Waals surface area contributed by atoms with Gasteiger partial charge in [0, 0.05) is 5.56 Å². The summed E-state index contributed by atoms with van der Waals surface area (Å²) in [4.78, 5) is 15.4. The van der Waals surface area contributed by atoms with Gasteiger partial charge in [0.05, 0.1) is 25.3 Å². The molecular weight excluding hydrogens is 318 g/mol. The van der Waals surface area contributed by atoms with Gasteiger partial charge in [-0.3, -0.25) is 9.69 Å². The van der Waals surface area contributed by atoms with Gasteiger partial charge in [-0.1, -0.05) is 35.5 Å². The van der Waals surface area contributed by atoms with Crippen LogP contribution in [-0.4, -0.2) is 54.4 Å². The summed E-state index contributed by atoms with van der Waals surface area (Å²) in [5.41, 5.74) is 1.98. The fourth-order valence-corrected chi connectivity index (χ4v) is 3.79. The van der Waals surface area contributed by atoms with Crippen molar-refractivity contribution in [2.24, 2.45) is 0 Å². The van der Waals surface area contributed by atoms with Gasteiger partial charge >= 0.3 is 0 Å². The molecule has 0 aliphatic carbocycles. The van der Waals surface area contributed by atoms with Crippen molar-refractivity contribution < 1.29 is 14.1 Å². The normalized spacial score (nSPS) is 23.9. The van der Waals surface area contributed by atoms with Crippen molar-refractivity contribution in [3.8, 4) is 11.3 Å². The van der Waals surface area contributed by atoms with Gasteiger partial charge < -0.3 is 14.6 Å². The van der Waals surface area contributed by atoms with Crippen molar-refractivity contribution in [2.75, 3.05) is 26.3 Å². The molecule has 0 spiro atoms. The molecular formula is C19H23N3O3. The van der Waals surface area contributed by atoms with Crippen molar-refractivity contribution in [1.82, 2.24) is 15.4 Å². The number of likely N-dealkylation sites (tertiary alicyclic amines) is 1. The number of nitrogens with one attached hydrogen (secondary N) is 1. The highest BCUT2D eigenvalue weighted by Gasteiger charge is 2.36. The number of aromatic nitrogens is 1. The monoisotopic (exact) mass is 341 g/mol. The molecule has 2 aromatic rings. The zero-order valence-corrected chi connectivity index (χ0v) is 14.4. The van der Waals surface area contributed by atoms with Crippen LogP contribution in [-0.2, 0) is 4.74 Å². The molecule has 6 heteroatoms. The molecule has 2 saturated heterocycles. The van der Waals surface area contributed by atoms with E-state index in [-0.39, 0.29) is 18.0 Å². The topological polar surface area (TPSA) is 67.6 Å². The van der Waals surface area contributed by atoms with Gasteiger partial charge in [0.1, 0.15) is 17.0 Å². The average Bonchev–Trinajstić information content (AvgIpc) is 3.35. The van der Waals surface area contributed by atoms with Crippen molar-refractivity contribution >= 4 is 5.91 Å². The van der Waals surface area contributed by atoms with Crippen LogP contribution in [0.5, 0.6) is 0 Å². The second-order valence-corrected chi connectivity index (χ2v) is 6.76. The first-order chi connectivity index (χ1) is 12.2. The van der Waals surface area contributed by atoms with Crippen LogP contribution in [0.3, 0.4) is 0 Å². The van der Waals surface area contributed by atoms with E-state index in [0.717, 1.165) is 18.7 Å². The molecule has 4 rings (SSSR count). The molecule has 1 aromatic carbocycles. The summed E-state index contributed by atoms with van der Waals surface area (Å²) in [6, 6.07) is 9.91. The van der Waals surface area contributed by atoms with Crippen LogP contribution in [0.15, 0.2) is 34.9 Å². The third-order valence-electron chi connectivity index (χ3n) is 5.11. The van der Waals surface area contributed by atoms with Gasteiger partial charge in [0.15, 0.2) is 0 Å². The minimum Gasteiger partial charge on any atom is -0.378 e. The van der Waals surface area contributed by atoms with Crippen molar-refractivity contribution in [3.05, 3.63) is 41.7 Å². The SMILES string of the molecule is Cc1onc(-c2ccccc2)c1C(=O)N[C@H]1COC[C@@H]1N1CCCC1. The molecule has 1 amide bonds. The number of benzene rings is 1. The number of hydrogen-bond donors (Lipinski definition) is 1. The van der Waals surface area contributed by atoms with Gasteiger partial charge in [-0.25, -0.2) is 0 Å². The molecule has 132 valence electrons. The smallest absolute Gasteiger partial charge is 0.257 e. The van der Waals surface area contributed by atoms with Crippen molar-refractivity contribution in [1.29, 1.82) is 0 Å². The quantitative estimate of drug-likeness (QED) is 0.924. The number of nitrogens with zero attached hydrogens (tertiary/aromatic N) is 2. The lowest BCUT2D eigenvalue weighted by Gasteiger charge is -2.27. The Hall–Kier alpha value is -2.18. The molecule has 3 heterocycles. The zero-order valence-electron chi connectivity index (χ0n) is 14.4. The van der Waals surface area contributed by atoms with Gasteiger partial charge in [0.25, 0.3) is 5.91 Å². The maximum Gasteiger partial charge on any atom is 0.257 e. The number of carbonyl (C=O) groups excluding carboxylic acids is 1. The Morgan fingerprint density at radius 3 is 2.72 bits per heavy atom. The minimum atomic E-state index is -0.141. The van der Waals surface area contributed by atoms with E-state index >= 15 is 0 Å². The largest absolute Gasteiger partial charge is 0.378 e. The van der Waals surface area contributed by atoms with Gasteiger partial charge in [-0.05, 0) is 32.9 Å². The fraction of sp³-hybridized carbons (Fsp3) is 0.474. The molecule has 2 aliphatic rings. The number of rotatable bonds is 4. The Balaban J connectivity index is 1.54. The maximum atomic E-state index is 13.0. The molecule has 2 atom stereocenters. The summed E-state index contributed by atoms with van der Waals surface area (Å²) in [5, 5.41) is 7.25. The Morgan fingerprint density at radius 1 is 1.20 bits per heavy atom. The first kappa shape index (κ1) is 16.3. The lowest BCUT2D eigenvalue weighted by atomic mass is 10.0. The van der Waals surface area contributed by atoms with E-state index in [2.05, 4.69) is 15.4 Å². The van der Waals surface area contributed by atoms with E-state index in [1.165, 1.54) is 12.8 Å². The van der Waals surface area contributed by atoms with Crippen molar-refractivity contribution in [3.63, 3.8) is 0 Å². The molecule has 25 heavy (non-hydrogen) atoms. The molecule has 0 bridgehead atoms. The molecule has 2 aliphatic heterocycles. The number of hydrogen-bond acceptors (Lipinski definition) is 5. The lowest BCUT2D eigenvalue weighted by Crippen LogP contribution is -2.50. The second-order valence-electron chi connectivity index (χ2n) is 6.76. The van der Waals surface area contributed by atoms with Crippen LogP contribution in [0.25, 0.3) is 11.3 Å². The molecule has 2 fully saturated rings. The number of carbonyl (C=O) groups is 1. The average molecular weight is 341 g/mol. The van der Waals surface area contributed by atoms with Crippen LogP contribution >= 0.6 is 0 Å². The molecule has 0 unspecified atom stereocenters. The van der Waals surface area contributed by atoms with Crippen LogP contribution in [0.4, 0.5) is 0 Å². The van der Waals surface area contributed by atoms with Gasteiger partial charge in [0.2, 0.25) is 0 Å². The summed E-state index contributed by atoms with van der Waals surface area (Å²) in [6.07, 6.45) is 2.44. The van der Waals surface area contributed by atoms with E-state index < -0.39 is 0 Å². The Bertz CT molecular complexity index is 738. The third-order valence-corrected chi connectivity index (χ3v) is 5.11. The minimum absolute atomic E-state index is 0.00326. The standard InChI is InChI=1S/C19H23N3O3/c1-13-17(18(21-25-13)14-7-3-2-4-8-14)19(23)20-15-11-24-12-16(15)22-9-5-6-10-22/h2-4,7-8,15-16H,5-6,9-12H2,1H3,(H,20,23)/t15-,16-/m0/s1. The van der Waals surface area contributed by atoms with Gasteiger partial charge in [-0.15, -0.1) is 0 Å². The van der Waals surface area contributed by atoms with E-state index in [1.807, 2.05) is 30.3 Å². The highest BCUT2D eigenvalue weighted by Crippen LogP contribution is 2.26. The Morgan fingerprint density at radius 2 is 1.96 bits per heavy atom. The zero-order chi connectivity index (χ0) is 17.2. The predicted molar refractivity (Wildman–Crippen MR) is 93.3 cm³/mol. The number of ether oxygens (including phenoxy) is 1. The fourth-order valence-electron chi connectivity index (χ4n) is 3.79. The lowest BCUT2D eigenvalue weighted by molar-refractivity contribution is 0.0915. The summed E-state index contributed by atoms with van der Waals surface area (Å²) >= 11 is 0. The second kappa shape index (κ2) is 6.98. The van der Waals surface area contributed by atoms with E-state index in [0.29, 0.717) is 30.2 Å². The van der Waals surface area contributed by atoms with Crippen LogP contribution in [0, 0.1) is 6.92 Å². The maximum absolute atomic E-state index is 13.0. The Kier molecular flexibility index (Phi) is 4.55. The van der Waals surface area contributed by atoms with Crippen LogP contribution < -0.4 is 5.32 Å². The molecule has 1 aromatic heterocycles. The highest BCUT2D eigenvalue weighted by molar-refractivity contribution is 6.01. The summed E-state index contributed by atoms with van der Waals surface area (Å²) in [5.74, 6) is 0.394.